The zero-order valence-corrected chi connectivity index (χ0v) is 19.2. The number of amides is 1. The van der Waals surface area contributed by atoms with E-state index < -0.39 is 0 Å². The SMILES string of the molecule is CC/C(C)=N/Nc1nc2cc(C)c(NC(=O)COc3ccc(C)c(C)c3)c(C)c2s1. The fourth-order valence-corrected chi connectivity index (χ4v) is 3.87. The van der Waals surface area contributed by atoms with Gasteiger partial charge in [-0.2, -0.15) is 5.10 Å². The third kappa shape index (κ3) is 4.97. The molecule has 30 heavy (non-hydrogen) atoms. The van der Waals surface area contributed by atoms with Gasteiger partial charge in [0.05, 0.1) is 10.2 Å². The molecule has 0 spiro atoms. The van der Waals surface area contributed by atoms with Crippen LogP contribution in [0.2, 0.25) is 0 Å². The average Bonchev–Trinajstić information content (AvgIpc) is 3.13. The van der Waals surface area contributed by atoms with Crippen LogP contribution in [0.4, 0.5) is 10.8 Å². The van der Waals surface area contributed by atoms with E-state index in [2.05, 4.69) is 27.8 Å². The average molecular weight is 425 g/mol. The maximum atomic E-state index is 12.5. The van der Waals surface area contributed by atoms with Crippen molar-refractivity contribution in [3.05, 3.63) is 46.5 Å². The molecule has 2 N–H and O–H groups in total. The number of carbonyl (C=O) groups is 1. The van der Waals surface area contributed by atoms with Crippen molar-refractivity contribution in [1.29, 1.82) is 0 Å². The molecular weight excluding hydrogens is 396 g/mol. The largest absolute Gasteiger partial charge is 0.484 e. The summed E-state index contributed by atoms with van der Waals surface area (Å²) in [5.41, 5.74) is 10.0. The maximum absolute atomic E-state index is 12.5. The Morgan fingerprint density at radius 2 is 1.90 bits per heavy atom. The second-order valence-corrected chi connectivity index (χ2v) is 8.46. The third-order valence-electron chi connectivity index (χ3n) is 5.08. The summed E-state index contributed by atoms with van der Waals surface area (Å²) in [4.78, 5) is 17.1. The third-order valence-corrected chi connectivity index (χ3v) is 6.18. The van der Waals surface area contributed by atoms with E-state index in [9.17, 15) is 4.79 Å². The summed E-state index contributed by atoms with van der Waals surface area (Å²) < 4.78 is 6.69. The van der Waals surface area contributed by atoms with Crippen LogP contribution in [0, 0.1) is 27.7 Å². The Kier molecular flexibility index (Phi) is 6.72. The molecule has 7 heteroatoms. The zero-order valence-electron chi connectivity index (χ0n) is 18.3. The lowest BCUT2D eigenvalue weighted by Crippen LogP contribution is -2.21. The highest BCUT2D eigenvalue weighted by molar-refractivity contribution is 7.22. The van der Waals surface area contributed by atoms with Gasteiger partial charge >= 0.3 is 0 Å². The Bertz CT molecular complexity index is 1120. The van der Waals surface area contributed by atoms with Gasteiger partial charge in [-0.1, -0.05) is 24.3 Å². The predicted octanol–water partition coefficient (Wildman–Crippen LogP) is 5.75. The van der Waals surface area contributed by atoms with Gasteiger partial charge in [-0.25, -0.2) is 4.98 Å². The first-order valence-corrected chi connectivity index (χ1v) is 10.8. The molecule has 0 saturated heterocycles. The highest BCUT2D eigenvalue weighted by Crippen LogP contribution is 2.35. The van der Waals surface area contributed by atoms with E-state index in [1.54, 1.807) is 0 Å². The van der Waals surface area contributed by atoms with E-state index in [4.69, 9.17) is 4.74 Å². The molecule has 1 amide bonds. The number of nitrogens with one attached hydrogen (secondary N) is 2. The summed E-state index contributed by atoms with van der Waals surface area (Å²) in [6.07, 6.45) is 0.885. The van der Waals surface area contributed by atoms with Gasteiger partial charge in [0.1, 0.15) is 5.75 Å². The van der Waals surface area contributed by atoms with Crippen LogP contribution >= 0.6 is 11.3 Å². The molecule has 158 valence electrons. The van der Waals surface area contributed by atoms with Gasteiger partial charge < -0.3 is 10.1 Å². The molecule has 3 aromatic rings. The van der Waals surface area contributed by atoms with Crippen molar-refractivity contribution in [1.82, 2.24) is 4.98 Å². The lowest BCUT2D eigenvalue weighted by molar-refractivity contribution is -0.118. The number of fused-ring (bicyclic) bond motifs is 1. The van der Waals surface area contributed by atoms with Crippen LogP contribution in [0.25, 0.3) is 10.2 Å². The molecule has 1 heterocycles. The number of anilines is 2. The molecule has 0 saturated carbocycles. The Labute approximate surface area is 181 Å². The first-order valence-electron chi connectivity index (χ1n) is 9.98. The summed E-state index contributed by atoms with van der Waals surface area (Å²) in [6, 6.07) is 7.80. The molecule has 0 radical (unpaired) electrons. The number of benzene rings is 2. The first kappa shape index (κ1) is 21.8. The van der Waals surface area contributed by atoms with Crippen LogP contribution in [0.1, 0.15) is 42.5 Å². The number of nitrogens with zero attached hydrogens (tertiary/aromatic N) is 2. The number of hydrazone groups is 1. The number of ether oxygens (including phenoxy) is 1. The zero-order chi connectivity index (χ0) is 21.8. The summed E-state index contributed by atoms with van der Waals surface area (Å²) >= 11 is 1.53. The van der Waals surface area contributed by atoms with E-state index in [0.717, 1.165) is 49.9 Å². The highest BCUT2D eigenvalue weighted by atomic mass is 32.1. The number of aromatic nitrogens is 1. The molecule has 1 aromatic heterocycles. The van der Waals surface area contributed by atoms with Gasteiger partial charge in [0.15, 0.2) is 6.61 Å². The second-order valence-electron chi connectivity index (χ2n) is 7.46. The van der Waals surface area contributed by atoms with Crippen LogP contribution in [0.3, 0.4) is 0 Å². The van der Waals surface area contributed by atoms with Crippen molar-refractivity contribution in [3.8, 4) is 5.75 Å². The van der Waals surface area contributed by atoms with Gasteiger partial charge in [-0.05, 0) is 81.5 Å². The minimum Gasteiger partial charge on any atom is -0.484 e. The molecular formula is C23H28N4O2S. The van der Waals surface area contributed by atoms with Crippen LogP contribution in [0.15, 0.2) is 29.4 Å². The lowest BCUT2D eigenvalue weighted by atomic mass is 10.1. The van der Waals surface area contributed by atoms with Crippen LogP contribution < -0.4 is 15.5 Å². The van der Waals surface area contributed by atoms with Crippen molar-refractivity contribution in [2.75, 3.05) is 17.3 Å². The van der Waals surface area contributed by atoms with Crippen molar-refractivity contribution in [2.45, 2.75) is 48.0 Å². The number of hydrogen-bond acceptors (Lipinski definition) is 6. The van der Waals surface area contributed by atoms with Crippen LogP contribution in [-0.2, 0) is 4.79 Å². The fraction of sp³-hybridized carbons (Fsp3) is 0.348. The summed E-state index contributed by atoms with van der Waals surface area (Å²) in [6.45, 7) is 12.0. The fourth-order valence-electron chi connectivity index (χ4n) is 2.98. The number of rotatable bonds is 7. The first-order chi connectivity index (χ1) is 14.3. The summed E-state index contributed by atoms with van der Waals surface area (Å²) in [7, 11) is 0. The van der Waals surface area contributed by atoms with Crippen molar-refractivity contribution in [3.63, 3.8) is 0 Å². The van der Waals surface area contributed by atoms with E-state index in [1.807, 2.05) is 58.9 Å². The normalized spacial score (nSPS) is 11.6. The Morgan fingerprint density at radius 3 is 2.60 bits per heavy atom. The smallest absolute Gasteiger partial charge is 0.262 e. The Hall–Kier alpha value is -2.93. The molecule has 6 nitrogen and oxygen atoms in total. The van der Waals surface area contributed by atoms with Crippen LogP contribution in [-0.4, -0.2) is 23.2 Å². The summed E-state index contributed by atoms with van der Waals surface area (Å²) in [5.74, 6) is 0.503. The molecule has 2 aromatic carbocycles. The topological polar surface area (TPSA) is 75.6 Å². The molecule has 0 bridgehead atoms. The van der Waals surface area contributed by atoms with Gasteiger partial charge in [-0.15, -0.1) is 0 Å². The van der Waals surface area contributed by atoms with Crippen molar-refractivity contribution in [2.24, 2.45) is 5.10 Å². The second kappa shape index (κ2) is 9.26. The monoisotopic (exact) mass is 424 g/mol. The molecule has 0 aliphatic carbocycles. The summed E-state index contributed by atoms with van der Waals surface area (Å²) in [5, 5.41) is 8.06. The molecule has 0 unspecified atom stereocenters. The maximum Gasteiger partial charge on any atom is 0.262 e. The van der Waals surface area contributed by atoms with Gasteiger partial charge in [0, 0.05) is 11.4 Å². The Balaban J connectivity index is 1.74. The minimum absolute atomic E-state index is 0.0417. The quantitative estimate of drug-likeness (QED) is 0.374. The standard InChI is InChI=1S/C23H28N4O2S/c1-7-16(5)26-27-23-24-19-11-15(4)21(17(6)22(19)30-23)25-20(28)12-29-18-9-8-13(2)14(3)10-18/h8-11H,7,12H2,1-6H3,(H,24,27)(H,25,28)/b26-16+. The molecule has 0 fully saturated rings. The Morgan fingerprint density at radius 1 is 1.13 bits per heavy atom. The van der Waals surface area contributed by atoms with Crippen molar-refractivity contribution < 1.29 is 9.53 Å². The van der Waals surface area contributed by atoms with E-state index >= 15 is 0 Å². The molecule has 3 rings (SSSR count). The molecule has 0 atom stereocenters. The molecule has 0 aliphatic rings. The number of hydrogen-bond donors (Lipinski definition) is 2. The minimum atomic E-state index is -0.190. The number of carbonyl (C=O) groups excluding carboxylic acids is 1. The van der Waals surface area contributed by atoms with Crippen LogP contribution in [0.5, 0.6) is 5.75 Å². The molecule has 0 aliphatic heterocycles. The van der Waals surface area contributed by atoms with E-state index in [1.165, 1.54) is 16.9 Å². The predicted molar refractivity (Wildman–Crippen MR) is 126 cm³/mol. The highest BCUT2D eigenvalue weighted by Gasteiger charge is 2.15. The van der Waals surface area contributed by atoms with Gasteiger partial charge in [0.25, 0.3) is 5.91 Å². The lowest BCUT2D eigenvalue weighted by Gasteiger charge is -2.13. The van der Waals surface area contributed by atoms with Crippen molar-refractivity contribution >= 4 is 44.0 Å². The number of thiazole rings is 1. The van der Waals surface area contributed by atoms with Gasteiger partial charge in [0.2, 0.25) is 5.13 Å². The van der Waals surface area contributed by atoms with E-state index in [0.29, 0.717) is 5.75 Å². The van der Waals surface area contributed by atoms with Gasteiger partial charge in [-0.3, -0.25) is 10.2 Å². The number of aryl methyl sites for hydroxylation is 4. The van der Waals surface area contributed by atoms with E-state index in [-0.39, 0.29) is 12.5 Å².